The minimum atomic E-state index is -2.66. The quantitative estimate of drug-likeness (QED) is 0.479. The molecule has 3 nitrogen and oxygen atoms in total. The zero-order valence-electron chi connectivity index (χ0n) is 9.13. The molecule has 0 aliphatic heterocycles. The lowest BCUT2D eigenvalue weighted by molar-refractivity contribution is 0.0843. The molecule has 0 fully saturated rings. The fourth-order valence-corrected chi connectivity index (χ4v) is 2.98. The lowest BCUT2D eigenvalue weighted by atomic mass is 10.9. The number of hydrogen-bond acceptors (Lipinski definition) is 3. The molecule has 0 unspecified atom stereocenters. The third-order valence-corrected chi connectivity index (χ3v) is 3.96. The lowest BCUT2D eigenvalue weighted by Gasteiger charge is -2.24. The van der Waals surface area contributed by atoms with Crippen LogP contribution in [0, 0.1) is 0 Å². The van der Waals surface area contributed by atoms with Gasteiger partial charge in [0.05, 0.1) is 0 Å². The highest BCUT2D eigenvalue weighted by Gasteiger charge is 2.37. The van der Waals surface area contributed by atoms with Gasteiger partial charge < -0.3 is 13.3 Å². The van der Waals surface area contributed by atoms with Crippen molar-refractivity contribution in [2.24, 2.45) is 0 Å². The summed E-state index contributed by atoms with van der Waals surface area (Å²) in [5.74, 6) is 0. The van der Waals surface area contributed by atoms with Gasteiger partial charge in [0, 0.05) is 25.5 Å². The van der Waals surface area contributed by atoms with Crippen LogP contribution in [-0.2, 0) is 13.3 Å². The Morgan fingerprint density at radius 3 is 1.79 bits per heavy atom. The Morgan fingerprint density at radius 2 is 1.50 bits per heavy atom. The summed E-state index contributed by atoms with van der Waals surface area (Å²) >= 11 is 0. The van der Waals surface area contributed by atoms with E-state index in [4.69, 9.17) is 13.3 Å². The second-order valence-electron chi connectivity index (χ2n) is 2.37. The van der Waals surface area contributed by atoms with Crippen molar-refractivity contribution in [3.05, 3.63) is 23.7 Å². The molecule has 0 amide bonds. The number of rotatable bonds is 7. The Hall–Kier alpha value is -0.603. The second-order valence-corrected chi connectivity index (χ2v) is 4.73. The molecular formula is C10H18O3Si. The molecule has 0 aromatic rings. The third kappa shape index (κ3) is 4.58. The molecule has 0 saturated heterocycles. The van der Waals surface area contributed by atoms with Gasteiger partial charge >= 0.3 is 8.80 Å². The molecule has 0 aromatic carbocycles. The summed E-state index contributed by atoms with van der Waals surface area (Å²) < 4.78 is 16.6. The van der Waals surface area contributed by atoms with Gasteiger partial charge in [-0.1, -0.05) is 11.5 Å². The van der Waals surface area contributed by atoms with E-state index in [1.54, 1.807) is 5.70 Å². The Labute approximate surface area is 87.0 Å². The molecule has 0 saturated carbocycles. The van der Waals surface area contributed by atoms with E-state index in [2.05, 4.69) is 18.0 Å². The Morgan fingerprint density at radius 1 is 1.07 bits per heavy atom. The Balaban J connectivity index is 4.71. The van der Waals surface area contributed by atoms with E-state index in [0.717, 1.165) is 0 Å². The molecule has 0 aliphatic rings. The minimum absolute atomic E-state index is 0.557. The topological polar surface area (TPSA) is 27.7 Å². The molecule has 0 spiro atoms. The molecule has 0 radical (unpaired) electrons. The van der Waals surface area contributed by atoms with Gasteiger partial charge in [-0.05, 0) is 27.4 Å². The standard InChI is InChI=1S/C10H18O3Si/c1-5-9-10-14(11-6-2,12-7-3)13-8-4/h10H,1,6-8H2,2-4H3. The first-order valence-corrected chi connectivity index (χ1v) is 6.58. The molecule has 0 heterocycles. The highest BCUT2D eigenvalue weighted by atomic mass is 28.4. The maximum absolute atomic E-state index is 5.52. The van der Waals surface area contributed by atoms with Crippen LogP contribution in [0.25, 0.3) is 0 Å². The van der Waals surface area contributed by atoms with E-state index < -0.39 is 8.80 Å². The van der Waals surface area contributed by atoms with Crippen LogP contribution in [0.2, 0.25) is 0 Å². The van der Waals surface area contributed by atoms with Crippen LogP contribution in [0.5, 0.6) is 0 Å². The van der Waals surface area contributed by atoms with Crippen molar-refractivity contribution >= 4 is 8.80 Å². The van der Waals surface area contributed by atoms with Crippen LogP contribution >= 0.6 is 0 Å². The van der Waals surface area contributed by atoms with E-state index >= 15 is 0 Å². The highest BCUT2D eigenvalue weighted by Crippen LogP contribution is 2.10. The predicted molar refractivity (Wildman–Crippen MR) is 57.9 cm³/mol. The smallest absolute Gasteiger partial charge is 0.370 e. The SMILES string of the molecule is C=C=C=C[Si](OCC)(OCC)OCC. The first-order valence-electron chi connectivity index (χ1n) is 4.78. The van der Waals surface area contributed by atoms with E-state index in [9.17, 15) is 0 Å². The van der Waals surface area contributed by atoms with E-state index in [0.29, 0.717) is 19.8 Å². The molecule has 80 valence electrons. The maximum atomic E-state index is 5.52. The molecule has 0 rings (SSSR count). The molecule has 0 aliphatic carbocycles. The van der Waals surface area contributed by atoms with Crippen LogP contribution in [0.3, 0.4) is 0 Å². The zero-order chi connectivity index (χ0) is 10.9. The van der Waals surface area contributed by atoms with Crippen LogP contribution < -0.4 is 0 Å². The summed E-state index contributed by atoms with van der Waals surface area (Å²) in [7, 11) is -2.66. The van der Waals surface area contributed by atoms with Crippen molar-refractivity contribution in [3.63, 3.8) is 0 Å². The van der Waals surface area contributed by atoms with E-state index in [1.807, 2.05) is 20.8 Å². The molecule has 0 atom stereocenters. The van der Waals surface area contributed by atoms with Gasteiger partial charge in [-0.25, -0.2) is 0 Å². The number of hydrogen-bond donors (Lipinski definition) is 0. The minimum Gasteiger partial charge on any atom is -0.370 e. The van der Waals surface area contributed by atoms with Gasteiger partial charge in [0.15, 0.2) is 0 Å². The van der Waals surface area contributed by atoms with Crippen molar-refractivity contribution in [2.75, 3.05) is 19.8 Å². The summed E-state index contributed by atoms with van der Waals surface area (Å²) in [4.78, 5) is 0. The summed E-state index contributed by atoms with van der Waals surface area (Å²) in [5, 5.41) is 0. The third-order valence-electron chi connectivity index (χ3n) is 1.39. The molecule has 0 N–H and O–H groups in total. The van der Waals surface area contributed by atoms with Crippen molar-refractivity contribution in [1.29, 1.82) is 0 Å². The molecular weight excluding hydrogens is 196 g/mol. The largest absolute Gasteiger partial charge is 0.538 e. The molecule has 0 bridgehead atoms. The normalized spacial score (nSPS) is 10.5. The summed E-state index contributed by atoms with van der Waals surface area (Å²) in [6.45, 7) is 10.8. The summed E-state index contributed by atoms with van der Waals surface area (Å²) in [6.07, 6.45) is 0. The van der Waals surface area contributed by atoms with E-state index in [-0.39, 0.29) is 0 Å². The van der Waals surface area contributed by atoms with Gasteiger partial charge in [0.2, 0.25) is 0 Å². The van der Waals surface area contributed by atoms with Crippen LogP contribution in [0.1, 0.15) is 20.8 Å². The van der Waals surface area contributed by atoms with Crippen LogP contribution in [-0.4, -0.2) is 28.6 Å². The first kappa shape index (κ1) is 13.4. The summed E-state index contributed by atoms with van der Waals surface area (Å²) in [6, 6.07) is 0. The molecule has 0 aromatic heterocycles. The van der Waals surface area contributed by atoms with Crippen molar-refractivity contribution in [2.45, 2.75) is 20.8 Å². The van der Waals surface area contributed by atoms with Gasteiger partial charge in [-0.3, -0.25) is 0 Å². The fourth-order valence-electron chi connectivity index (χ4n) is 0.993. The second kappa shape index (κ2) is 7.77. The zero-order valence-corrected chi connectivity index (χ0v) is 10.1. The van der Waals surface area contributed by atoms with Crippen molar-refractivity contribution in [3.8, 4) is 0 Å². The van der Waals surface area contributed by atoms with Crippen molar-refractivity contribution < 1.29 is 13.3 Å². The Kier molecular flexibility index (Phi) is 7.43. The Bertz CT molecular complexity index is 211. The van der Waals surface area contributed by atoms with Crippen molar-refractivity contribution in [1.82, 2.24) is 0 Å². The van der Waals surface area contributed by atoms with Gasteiger partial charge in [0.25, 0.3) is 0 Å². The molecule has 4 heteroatoms. The van der Waals surface area contributed by atoms with Crippen LogP contribution in [0.4, 0.5) is 0 Å². The highest BCUT2D eigenvalue weighted by molar-refractivity contribution is 6.66. The monoisotopic (exact) mass is 214 g/mol. The predicted octanol–water partition coefficient (Wildman–Crippen LogP) is 2.07. The van der Waals surface area contributed by atoms with Gasteiger partial charge in [-0.15, -0.1) is 0 Å². The lowest BCUT2D eigenvalue weighted by Crippen LogP contribution is -2.44. The molecule has 14 heavy (non-hydrogen) atoms. The van der Waals surface area contributed by atoms with Gasteiger partial charge in [-0.2, -0.15) is 0 Å². The van der Waals surface area contributed by atoms with E-state index in [1.165, 1.54) is 0 Å². The average molecular weight is 214 g/mol. The average Bonchev–Trinajstić information content (AvgIpc) is 2.16. The maximum Gasteiger partial charge on any atom is 0.538 e. The summed E-state index contributed by atoms with van der Waals surface area (Å²) in [5.41, 5.74) is 6.96. The fraction of sp³-hybridized carbons (Fsp3) is 0.600. The first-order chi connectivity index (χ1) is 6.74. The van der Waals surface area contributed by atoms with Crippen LogP contribution in [0.15, 0.2) is 23.7 Å². The van der Waals surface area contributed by atoms with Gasteiger partial charge in [0.1, 0.15) is 0 Å².